The number of likely N-dealkylation sites (tertiary alicyclic amines) is 1. The number of halogens is 1. The molecule has 1 unspecified atom stereocenters. The van der Waals surface area contributed by atoms with Crippen molar-refractivity contribution in [1.29, 1.82) is 0 Å². The molecule has 0 radical (unpaired) electrons. The largest absolute Gasteiger partial charge is 0.368 e. The number of hydrogen-bond acceptors (Lipinski definition) is 5. The van der Waals surface area contributed by atoms with Crippen LogP contribution in [0.15, 0.2) is 29.4 Å². The SMILES string of the molecule is CC1CCN(CCCNC(=O)C2=NN(c3ccc(F)cc3)C(C(N)=O)C2)CC1. The van der Waals surface area contributed by atoms with E-state index in [1.165, 1.54) is 42.1 Å². The summed E-state index contributed by atoms with van der Waals surface area (Å²) in [5, 5.41) is 8.54. The molecule has 152 valence electrons. The maximum absolute atomic E-state index is 13.1. The Bertz CT molecular complexity index is 729. The minimum atomic E-state index is -0.749. The van der Waals surface area contributed by atoms with Gasteiger partial charge in [-0.2, -0.15) is 5.10 Å². The Balaban J connectivity index is 1.52. The Labute approximate surface area is 164 Å². The quantitative estimate of drug-likeness (QED) is 0.691. The normalized spacial score (nSPS) is 20.9. The summed E-state index contributed by atoms with van der Waals surface area (Å²) in [6.07, 6.45) is 3.48. The number of rotatable bonds is 7. The molecule has 28 heavy (non-hydrogen) atoms. The summed E-state index contributed by atoms with van der Waals surface area (Å²) in [5.41, 5.74) is 6.25. The van der Waals surface area contributed by atoms with Crippen molar-refractivity contribution >= 4 is 23.2 Å². The Kier molecular flexibility index (Phi) is 6.61. The molecule has 0 aliphatic carbocycles. The zero-order chi connectivity index (χ0) is 20.1. The third-order valence-corrected chi connectivity index (χ3v) is 5.40. The van der Waals surface area contributed by atoms with E-state index in [0.717, 1.165) is 32.0 Å². The number of nitrogens with one attached hydrogen (secondary N) is 1. The summed E-state index contributed by atoms with van der Waals surface area (Å²) >= 11 is 0. The number of carbonyl (C=O) groups is 2. The highest BCUT2D eigenvalue weighted by Gasteiger charge is 2.34. The zero-order valence-electron chi connectivity index (χ0n) is 16.2. The van der Waals surface area contributed by atoms with Crippen molar-refractivity contribution in [3.63, 3.8) is 0 Å². The lowest BCUT2D eigenvalue weighted by molar-refractivity contribution is -0.119. The van der Waals surface area contributed by atoms with E-state index < -0.39 is 11.9 Å². The van der Waals surface area contributed by atoms with Gasteiger partial charge in [0.2, 0.25) is 5.91 Å². The summed E-state index contributed by atoms with van der Waals surface area (Å²) in [6, 6.07) is 4.83. The van der Waals surface area contributed by atoms with Gasteiger partial charge in [-0.1, -0.05) is 6.92 Å². The summed E-state index contributed by atoms with van der Waals surface area (Å²) in [6.45, 7) is 6.05. The van der Waals surface area contributed by atoms with E-state index in [9.17, 15) is 14.0 Å². The molecule has 0 spiro atoms. The lowest BCUT2D eigenvalue weighted by Gasteiger charge is -2.30. The molecular formula is C20H28FN5O2. The van der Waals surface area contributed by atoms with Crippen LogP contribution in [0.1, 0.15) is 32.6 Å². The predicted octanol–water partition coefficient (Wildman–Crippen LogP) is 1.48. The van der Waals surface area contributed by atoms with Crippen molar-refractivity contribution in [1.82, 2.24) is 10.2 Å². The van der Waals surface area contributed by atoms with Crippen LogP contribution < -0.4 is 16.1 Å². The smallest absolute Gasteiger partial charge is 0.267 e. The monoisotopic (exact) mass is 389 g/mol. The fraction of sp³-hybridized carbons (Fsp3) is 0.550. The van der Waals surface area contributed by atoms with E-state index in [2.05, 4.69) is 22.2 Å². The molecule has 2 aliphatic rings. The van der Waals surface area contributed by atoms with Crippen LogP contribution in [0.3, 0.4) is 0 Å². The zero-order valence-corrected chi connectivity index (χ0v) is 16.2. The number of anilines is 1. The molecule has 1 fully saturated rings. The maximum atomic E-state index is 13.1. The second kappa shape index (κ2) is 9.14. The van der Waals surface area contributed by atoms with Gasteiger partial charge in [-0.3, -0.25) is 14.6 Å². The maximum Gasteiger partial charge on any atom is 0.267 e. The van der Waals surface area contributed by atoms with Crippen LogP contribution >= 0.6 is 0 Å². The molecule has 0 saturated carbocycles. The van der Waals surface area contributed by atoms with Gasteiger partial charge in [0.15, 0.2) is 0 Å². The molecule has 0 bridgehead atoms. The number of benzene rings is 1. The van der Waals surface area contributed by atoms with Gasteiger partial charge in [-0.25, -0.2) is 4.39 Å². The van der Waals surface area contributed by atoms with Crippen molar-refractivity contribution in [3.05, 3.63) is 30.1 Å². The molecule has 1 aromatic carbocycles. The number of primary amides is 1. The molecule has 0 aromatic heterocycles. The fourth-order valence-electron chi connectivity index (χ4n) is 3.59. The van der Waals surface area contributed by atoms with Crippen molar-refractivity contribution in [2.75, 3.05) is 31.2 Å². The molecule has 1 atom stereocenters. The van der Waals surface area contributed by atoms with E-state index in [4.69, 9.17) is 5.73 Å². The average molecular weight is 389 g/mol. The van der Waals surface area contributed by atoms with Gasteiger partial charge in [-0.05, 0) is 69.1 Å². The van der Waals surface area contributed by atoms with Crippen molar-refractivity contribution < 1.29 is 14.0 Å². The standard InChI is InChI=1S/C20H28FN5O2/c1-14-7-11-25(12-8-14)10-2-9-23-20(28)17-13-18(19(22)27)26(24-17)16-5-3-15(21)4-6-16/h3-6,14,18H,2,7-13H2,1H3,(H2,22,27)(H,23,28). The Hall–Kier alpha value is -2.48. The summed E-state index contributed by atoms with van der Waals surface area (Å²) in [5.74, 6) is -0.444. The van der Waals surface area contributed by atoms with Gasteiger partial charge >= 0.3 is 0 Å². The van der Waals surface area contributed by atoms with E-state index >= 15 is 0 Å². The van der Waals surface area contributed by atoms with E-state index in [1.807, 2.05) is 0 Å². The second-order valence-electron chi connectivity index (χ2n) is 7.62. The predicted molar refractivity (Wildman–Crippen MR) is 106 cm³/mol. The molecule has 1 saturated heterocycles. The van der Waals surface area contributed by atoms with Crippen LogP contribution in [-0.4, -0.2) is 54.6 Å². The van der Waals surface area contributed by atoms with Crippen molar-refractivity contribution in [3.8, 4) is 0 Å². The Morgan fingerprint density at radius 1 is 1.25 bits per heavy atom. The van der Waals surface area contributed by atoms with Crippen LogP contribution in [0.2, 0.25) is 0 Å². The first-order valence-corrected chi connectivity index (χ1v) is 9.86. The lowest BCUT2D eigenvalue weighted by atomic mass is 9.99. The molecule has 3 N–H and O–H groups in total. The number of carbonyl (C=O) groups excluding carboxylic acids is 2. The lowest BCUT2D eigenvalue weighted by Crippen LogP contribution is -2.40. The summed E-state index contributed by atoms with van der Waals surface area (Å²) < 4.78 is 13.1. The first kappa shape index (κ1) is 20.3. The Morgan fingerprint density at radius 2 is 1.93 bits per heavy atom. The second-order valence-corrected chi connectivity index (χ2v) is 7.62. The molecule has 2 heterocycles. The first-order chi connectivity index (χ1) is 13.4. The number of hydrogen-bond donors (Lipinski definition) is 2. The summed E-state index contributed by atoms with van der Waals surface area (Å²) in [4.78, 5) is 26.6. The third-order valence-electron chi connectivity index (χ3n) is 5.40. The number of nitrogens with two attached hydrogens (primary N) is 1. The van der Waals surface area contributed by atoms with Gasteiger partial charge in [0.25, 0.3) is 5.91 Å². The van der Waals surface area contributed by atoms with Crippen LogP contribution in [0.5, 0.6) is 0 Å². The van der Waals surface area contributed by atoms with Gasteiger partial charge in [-0.15, -0.1) is 0 Å². The van der Waals surface area contributed by atoms with Crippen LogP contribution in [0.25, 0.3) is 0 Å². The molecule has 2 aliphatic heterocycles. The molecule has 8 heteroatoms. The number of piperidine rings is 1. The fourth-order valence-corrected chi connectivity index (χ4v) is 3.59. The van der Waals surface area contributed by atoms with Crippen LogP contribution in [-0.2, 0) is 9.59 Å². The minimum absolute atomic E-state index is 0.141. The number of hydrazone groups is 1. The van der Waals surface area contributed by atoms with E-state index in [0.29, 0.717) is 12.2 Å². The van der Waals surface area contributed by atoms with Gasteiger partial charge in [0.05, 0.1) is 5.69 Å². The highest BCUT2D eigenvalue weighted by Crippen LogP contribution is 2.25. The third kappa shape index (κ3) is 5.07. The van der Waals surface area contributed by atoms with Crippen LogP contribution in [0, 0.1) is 11.7 Å². The highest BCUT2D eigenvalue weighted by atomic mass is 19.1. The first-order valence-electron chi connectivity index (χ1n) is 9.86. The van der Waals surface area contributed by atoms with Crippen LogP contribution in [0.4, 0.5) is 10.1 Å². The molecule has 3 rings (SSSR count). The number of nitrogens with zero attached hydrogens (tertiary/aromatic N) is 3. The van der Waals surface area contributed by atoms with Crippen molar-refractivity contribution in [2.24, 2.45) is 16.8 Å². The number of amides is 2. The van der Waals surface area contributed by atoms with Gasteiger partial charge in [0, 0.05) is 13.0 Å². The molecule has 1 aromatic rings. The summed E-state index contributed by atoms with van der Waals surface area (Å²) in [7, 11) is 0. The average Bonchev–Trinajstić information content (AvgIpc) is 3.13. The van der Waals surface area contributed by atoms with E-state index in [1.54, 1.807) is 0 Å². The molecular weight excluding hydrogens is 361 g/mol. The molecule has 2 amide bonds. The molecule has 7 nitrogen and oxygen atoms in total. The van der Waals surface area contributed by atoms with Gasteiger partial charge < -0.3 is 16.0 Å². The highest BCUT2D eigenvalue weighted by molar-refractivity contribution is 6.40. The topological polar surface area (TPSA) is 91.0 Å². The van der Waals surface area contributed by atoms with Gasteiger partial charge in [0.1, 0.15) is 17.6 Å². The Morgan fingerprint density at radius 3 is 2.57 bits per heavy atom. The van der Waals surface area contributed by atoms with Crippen molar-refractivity contribution in [2.45, 2.75) is 38.6 Å². The minimum Gasteiger partial charge on any atom is -0.368 e. The van der Waals surface area contributed by atoms with E-state index in [-0.39, 0.29) is 23.9 Å².